The lowest BCUT2D eigenvalue weighted by Gasteiger charge is -2.17. The Bertz CT molecular complexity index is 596. The first kappa shape index (κ1) is 14.5. The number of pyridine rings is 1. The summed E-state index contributed by atoms with van der Waals surface area (Å²) in [4.78, 5) is 17.8. The van der Waals surface area contributed by atoms with Gasteiger partial charge in [0.15, 0.2) is 0 Å². The minimum absolute atomic E-state index is 0.0612. The molecule has 1 aromatic heterocycles. The van der Waals surface area contributed by atoms with Crippen LogP contribution in [0.4, 0.5) is 0 Å². The van der Waals surface area contributed by atoms with E-state index in [0.29, 0.717) is 17.3 Å². The van der Waals surface area contributed by atoms with E-state index in [2.05, 4.69) is 36.2 Å². The van der Waals surface area contributed by atoms with Gasteiger partial charge in [0, 0.05) is 25.4 Å². The zero-order valence-corrected chi connectivity index (χ0v) is 12.4. The summed E-state index contributed by atoms with van der Waals surface area (Å²) in [5, 5.41) is 0.330. The van der Waals surface area contributed by atoms with Gasteiger partial charge in [0.25, 0.3) is 5.91 Å². The molecule has 0 aliphatic carbocycles. The van der Waals surface area contributed by atoms with Crippen molar-refractivity contribution in [2.45, 2.75) is 19.9 Å². The van der Waals surface area contributed by atoms with Crippen LogP contribution in [-0.4, -0.2) is 22.8 Å². The van der Waals surface area contributed by atoms with Gasteiger partial charge in [-0.3, -0.25) is 4.79 Å². The number of amides is 1. The Kier molecular flexibility index (Phi) is 4.74. The van der Waals surface area contributed by atoms with Crippen molar-refractivity contribution in [3.63, 3.8) is 0 Å². The second kappa shape index (κ2) is 6.53. The average molecular weight is 289 g/mol. The summed E-state index contributed by atoms with van der Waals surface area (Å²) in [7, 11) is 1.78. The fourth-order valence-electron chi connectivity index (χ4n) is 1.98. The predicted octanol–water partition coefficient (Wildman–Crippen LogP) is 3.57. The Labute approximate surface area is 124 Å². The fraction of sp³-hybridized carbons (Fsp3) is 0.250. The maximum absolute atomic E-state index is 12.3. The number of halogens is 1. The molecule has 0 unspecified atom stereocenters. The van der Waals surface area contributed by atoms with Crippen molar-refractivity contribution in [3.05, 3.63) is 64.4 Å². The lowest BCUT2D eigenvalue weighted by molar-refractivity contribution is 0.0785. The second-order valence-electron chi connectivity index (χ2n) is 4.70. The van der Waals surface area contributed by atoms with Crippen LogP contribution in [0.1, 0.15) is 28.4 Å². The van der Waals surface area contributed by atoms with Crippen LogP contribution in [0.2, 0.25) is 5.15 Å². The first-order valence-corrected chi connectivity index (χ1v) is 6.92. The molecule has 0 atom stereocenters. The topological polar surface area (TPSA) is 33.2 Å². The highest BCUT2D eigenvalue weighted by atomic mass is 35.5. The normalized spacial score (nSPS) is 10.3. The van der Waals surface area contributed by atoms with E-state index in [0.717, 1.165) is 12.0 Å². The van der Waals surface area contributed by atoms with Crippen LogP contribution in [0.3, 0.4) is 0 Å². The molecule has 0 N–H and O–H groups in total. The quantitative estimate of drug-likeness (QED) is 0.806. The van der Waals surface area contributed by atoms with Gasteiger partial charge >= 0.3 is 0 Å². The molecular formula is C16H17ClN2O. The fourth-order valence-corrected chi connectivity index (χ4v) is 2.16. The Hall–Kier alpha value is -1.87. The molecule has 1 heterocycles. The van der Waals surface area contributed by atoms with Crippen LogP contribution in [0.25, 0.3) is 0 Å². The number of aromatic nitrogens is 1. The van der Waals surface area contributed by atoms with Gasteiger partial charge in [-0.25, -0.2) is 4.98 Å². The first-order chi connectivity index (χ1) is 9.60. The van der Waals surface area contributed by atoms with E-state index in [1.807, 2.05) is 0 Å². The van der Waals surface area contributed by atoms with Gasteiger partial charge in [0.2, 0.25) is 0 Å². The molecule has 1 aromatic carbocycles. The number of aryl methyl sites for hydroxylation is 1. The number of rotatable bonds is 4. The molecule has 0 saturated carbocycles. The number of hydrogen-bond acceptors (Lipinski definition) is 2. The van der Waals surface area contributed by atoms with E-state index in [4.69, 9.17) is 11.6 Å². The summed E-state index contributed by atoms with van der Waals surface area (Å²) in [5.74, 6) is -0.0612. The Morgan fingerprint density at radius 1 is 1.20 bits per heavy atom. The lowest BCUT2D eigenvalue weighted by atomic mass is 10.1. The van der Waals surface area contributed by atoms with Crippen LogP contribution in [0.5, 0.6) is 0 Å². The number of benzene rings is 1. The third-order valence-electron chi connectivity index (χ3n) is 3.17. The predicted molar refractivity (Wildman–Crippen MR) is 80.9 cm³/mol. The molecule has 0 radical (unpaired) electrons. The average Bonchev–Trinajstić information content (AvgIpc) is 2.47. The Morgan fingerprint density at radius 3 is 2.45 bits per heavy atom. The summed E-state index contributed by atoms with van der Waals surface area (Å²) >= 11 is 5.81. The lowest BCUT2D eigenvalue weighted by Crippen LogP contribution is -2.26. The zero-order valence-electron chi connectivity index (χ0n) is 11.6. The summed E-state index contributed by atoms with van der Waals surface area (Å²) in [5.41, 5.74) is 2.96. The number of carbonyl (C=O) groups excluding carboxylic acids is 1. The molecule has 0 aliphatic heterocycles. The summed E-state index contributed by atoms with van der Waals surface area (Å²) < 4.78 is 0. The Balaban J connectivity index is 2.07. The van der Waals surface area contributed by atoms with Gasteiger partial charge in [-0.15, -0.1) is 0 Å². The molecular weight excluding hydrogens is 272 g/mol. The summed E-state index contributed by atoms with van der Waals surface area (Å²) in [6, 6.07) is 11.6. The van der Waals surface area contributed by atoms with Crippen LogP contribution in [0, 0.1) is 0 Å². The van der Waals surface area contributed by atoms with Gasteiger partial charge in [-0.05, 0) is 29.7 Å². The highest BCUT2D eigenvalue weighted by molar-refractivity contribution is 6.29. The molecule has 1 amide bonds. The van der Waals surface area contributed by atoms with Crippen molar-refractivity contribution in [1.29, 1.82) is 0 Å². The van der Waals surface area contributed by atoms with Crippen LogP contribution in [0.15, 0.2) is 42.6 Å². The molecule has 0 spiro atoms. The van der Waals surface area contributed by atoms with Crippen molar-refractivity contribution >= 4 is 17.5 Å². The van der Waals surface area contributed by atoms with Crippen molar-refractivity contribution in [2.75, 3.05) is 7.05 Å². The Morgan fingerprint density at radius 2 is 1.85 bits per heavy atom. The summed E-state index contributed by atoms with van der Waals surface area (Å²) in [6.45, 7) is 2.70. The van der Waals surface area contributed by atoms with Crippen molar-refractivity contribution in [2.24, 2.45) is 0 Å². The van der Waals surface area contributed by atoms with Gasteiger partial charge < -0.3 is 4.90 Å². The number of nitrogens with zero attached hydrogens (tertiary/aromatic N) is 2. The SMILES string of the molecule is CCc1ccc(CN(C)C(=O)c2ccnc(Cl)c2)cc1. The third kappa shape index (κ3) is 3.58. The molecule has 0 saturated heterocycles. The van der Waals surface area contributed by atoms with E-state index in [-0.39, 0.29) is 5.91 Å². The maximum atomic E-state index is 12.3. The molecule has 0 aliphatic rings. The molecule has 4 heteroatoms. The van der Waals surface area contributed by atoms with Gasteiger partial charge in [0.05, 0.1) is 0 Å². The number of hydrogen-bond donors (Lipinski definition) is 0. The first-order valence-electron chi connectivity index (χ1n) is 6.55. The van der Waals surface area contributed by atoms with E-state index in [9.17, 15) is 4.79 Å². The number of carbonyl (C=O) groups is 1. The highest BCUT2D eigenvalue weighted by Crippen LogP contribution is 2.12. The van der Waals surface area contributed by atoms with Crippen LogP contribution >= 0.6 is 11.6 Å². The molecule has 20 heavy (non-hydrogen) atoms. The summed E-state index contributed by atoms with van der Waals surface area (Å²) in [6.07, 6.45) is 2.56. The van der Waals surface area contributed by atoms with Crippen molar-refractivity contribution in [1.82, 2.24) is 9.88 Å². The minimum Gasteiger partial charge on any atom is -0.337 e. The van der Waals surface area contributed by atoms with Gasteiger partial charge in [0.1, 0.15) is 5.15 Å². The van der Waals surface area contributed by atoms with E-state index in [1.54, 1.807) is 30.3 Å². The van der Waals surface area contributed by atoms with Crippen molar-refractivity contribution < 1.29 is 4.79 Å². The molecule has 0 fully saturated rings. The highest BCUT2D eigenvalue weighted by Gasteiger charge is 2.12. The minimum atomic E-state index is -0.0612. The van der Waals surface area contributed by atoms with E-state index in [1.165, 1.54) is 5.56 Å². The van der Waals surface area contributed by atoms with Gasteiger partial charge in [-0.2, -0.15) is 0 Å². The third-order valence-corrected chi connectivity index (χ3v) is 3.38. The molecule has 3 nitrogen and oxygen atoms in total. The molecule has 0 bridgehead atoms. The van der Waals surface area contributed by atoms with Crippen LogP contribution < -0.4 is 0 Å². The van der Waals surface area contributed by atoms with Crippen LogP contribution in [-0.2, 0) is 13.0 Å². The van der Waals surface area contributed by atoms with Crippen molar-refractivity contribution in [3.8, 4) is 0 Å². The van der Waals surface area contributed by atoms with E-state index < -0.39 is 0 Å². The molecule has 2 aromatic rings. The monoisotopic (exact) mass is 288 g/mol. The molecule has 104 valence electrons. The van der Waals surface area contributed by atoms with Gasteiger partial charge in [-0.1, -0.05) is 42.8 Å². The second-order valence-corrected chi connectivity index (χ2v) is 5.09. The smallest absolute Gasteiger partial charge is 0.254 e. The standard InChI is InChI=1S/C16H17ClN2O/c1-3-12-4-6-13(7-5-12)11-19(2)16(20)14-8-9-18-15(17)10-14/h4-10H,3,11H2,1-2H3. The molecule has 2 rings (SSSR count). The largest absolute Gasteiger partial charge is 0.337 e. The van der Waals surface area contributed by atoms with E-state index >= 15 is 0 Å². The zero-order chi connectivity index (χ0) is 14.5. The maximum Gasteiger partial charge on any atom is 0.254 e.